The first kappa shape index (κ1) is 19.3. The summed E-state index contributed by atoms with van der Waals surface area (Å²) in [5, 5.41) is 22.7. The van der Waals surface area contributed by atoms with Gasteiger partial charge < -0.3 is 15.3 Å². The Morgan fingerprint density at radius 2 is 1.97 bits per heavy atom. The van der Waals surface area contributed by atoms with Crippen molar-refractivity contribution in [2.24, 2.45) is 5.92 Å². The Labute approximate surface area is 180 Å². The smallest absolute Gasteiger partial charge is 0.254 e. The third-order valence-electron chi connectivity index (χ3n) is 6.38. The number of fused-ring (bicyclic) bond motifs is 3. The van der Waals surface area contributed by atoms with Gasteiger partial charge in [0.2, 0.25) is 0 Å². The van der Waals surface area contributed by atoms with Crippen LogP contribution in [0.1, 0.15) is 33.9 Å². The zero-order chi connectivity index (χ0) is 21.4. The molecule has 1 amide bonds. The van der Waals surface area contributed by atoms with Crippen molar-refractivity contribution in [3.05, 3.63) is 83.7 Å². The zero-order valence-electron chi connectivity index (χ0n) is 16.9. The predicted octanol–water partition coefficient (Wildman–Crippen LogP) is 3.61. The van der Waals surface area contributed by atoms with Gasteiger partial charge in [0.25, 0.3) is 5.91 Å². The Balaban J connectivity index is 1.58. The van der Waals surface area contributed by atoms with Crippen molar-refractivity contribution in [3.8, 4) is 17.2 Å². The molecular formula is C25H22N4O2. The van der Waals surface area contributed by atoms with E-state index in [1.165, 1.54) is 0 Å². The van der Waals surface area contributed by atoms with E-state index in [1.54, 1.807) is 30.6 Å². The van der Waals surface area contributed by atoms with E-state index in [4.69, 9.17) is 0 Å². The number of rotatable bonds is 3. The van der Waals surface area contributed by atoms with Gasteiger partial charge in [-0.15, -0.1) is 0 Å². The number of aromatic nitrogens is 1. The normalized spacial score (nSPS) is 21.5. The zero-order valence-corrected chi connectivity index (χ0v) is 16.9. The highest BCUT2D eigenvalue weighted by Gasteiger charge is 2.45. The van der Waals surface area contributed by atoms with Crippen molar-refractivity contribution < 1.29 is 9.90 Å². The van der Waals surface area contributed by atoms with Gasteiger partial charge in [-0.05, 0) is 59.5 Å². The van der Waals surface area contributed by atoms with Crippen molar-refractivity contribution in [2.45, 2.75) is 18.5 Å². The van der Waals surface area contributed by atoms with Crippen LogP contribution >= 0.6 is 0 Å². The second kappa shape index (κ2) is 7.86. The van der Waals surface area contributed by atoms with Crippen LogP contribution in [-0.4, -0.2) is 40.1 Å². The monoisotopic (exact) mass is 410 g/mol. The fraction of sp³-hybridized carbons (Fsp3) is 0.240. The Kier molecular flexibility index (Phi) is 4.89. The van der Waals surface area contributed by atoms with Crippen molar-refractivity contribution in [3.63, 3.8) is 0 Å². The summed E-state index contributed by atoms with van der Waals surface area (Å²) in [5.74, 6) is 0.111. The number of nitriles is 1. The van der Waals surface area contributed by atoms with Gasteiger partial charge in [0.1, 0.15) is 0 Å². The number of aliphatic hydroxyl groups excluding tert-OH is 1. The molecule has 31 heavy (non-hydrogen) atoms. The van der Waals surface area contributed by atoms with Gasteiger partial charge >= 0.3 is 0 Å². The summed E-state index contributed by atoms with van der Waals surface area (Å²) < 4.78 is 0. The molecule has 0 aliphatic carbocycles. The number of amides is 1. The van der Waals surface area contributed by atoms with E-state index in [0.29, 0.717) is 17.7 Å². The van der Waals surface area contributed by atoms with Crippen LogP contribution in [0.25, 0.3) is 11.1 Å². The van der Waals surface area contributed by atoms with E-state index in [1.807, 2.05) is 35.2 Å². The summed E-state index contributed by atoms with van der Waals surface area (Å²) >= 11 is 0. The summed E-state index contributed by atoms with van der Waals surface area (Å²) in [4.78, 5) is 19.3. The van der Waals surface area contributed by atoms with E-state index in [0.717, 1.165) is 28.8 Å². The molecule has 2 aliphatic rings. The van der Waals surface area contributed by atoms with Gasteiger partial charge in [0.15, 0.2) is 0 Å². The Bertz CT molecular complexity index is 1170. The molecule has 1 saturated heterocycles. The number of pyridine rings is 1. The molecule has 2 aromatic carbocycles. The largest absolute Gasteiger partial charge is 0.394 e. The minimum absolute atomic E-state index is 0.0173. The highest BCUT2D eigenvalue weighted by molar-refractivity contribution is 5.95. The number of aliphatic hydroxyl groups is 1. The summed E-state index contributed by atoms with van der Waals surface area (Å²) in [7, 11) is 0. The lowest BCUT2D eigenvalue weighted by molar-refractivity contribution is 0.0701. The summed E-state index contributed by atoms with van der Waals surface area (Å²) in [6.45, 7) is 0.659. The van der Waals surface area contributed by atoms with E-state index in [9.17, 15) is 15.2 Å². The molecule has 0 bridgehead atoms. The maximum atomic E-state index is 13.3. The maximum absolute atomic E-state index is 13.3. The standard InChI is InChI=1S/C25H22N4O2/c26-14-16-2-1-3-18(12-16)19-4-5-22-21(13-19)24-20(23(15-30)28-22)8-11-29(24)25(31)17-6-9-27-10-7-17/h1-7,9-10,12-13,20,23-24,28,30H,8,11,15H2/t20-,23+,24-/m1/s1. The van der Waals surface area contributed by atoms with E-state index in [2.05, 4.69) is 22.4 Å². The lowest BCUT2D eigenvalue weighted by atomic mass is 9.82. The molecule has 0 saturated carbocycles. The third-order valence-corrected chi connectivity index (χ3v) is 6.38. The maximum Gasteiger partial charge on any atom is 0.254 e. The summed E-state index contributed by atoms with van der Waals surface area (Å²) in [6.07, 6.45) is 4.09. The van der Waals surface area contributed by atoms with Crippen molar-refractivity contribution in [1.29, 1.82) is 5.26 Å². The van der Waals surface area contributed by atoms with Gasteiger partial charge in [-0.25, -0.2) is 0 Å². The second-order valence-corrected chi connectivity index (χ2v) is 8.06. The number of likely N-dealkylation sites (tertiary alicyclic amines) is 1. The lowest BCUT2D eigenvalue weighted by Crippen LogP contribution is -2.42. The fourth-order valence-electron chi connectivity index (χ4n) is 4.90. The van der Waals surface area contributed by atoms with Gasteiger partial charge in [-0.2, -0.15) is 5.26 Å². The number of carbonyl (C=O) groups excluding carboxylic acids is 1. The quantitative estimate of drug-likeness (QED) is 0.689. The number of nitrogens with zero attached hydrogens (tertiary/aromatic N) is 3. The average Bonchev–Trinajstić information content (AvgIpc) is 3.29. The first-order chi connectivity index (χ1) is 15.2. The molecule has 2 N–H and O–H groups in total. The number of hydrogen-bond donors (Lipinski definition) is 2. The average molecular weight is 410 g/mol. The first-order valence-electron chi connectivity index (χ1n) is 10.4. The van der Waals surface area contributed by atoms with Crippen LogP contribution in [0, 0.1) is 17.2 Å². The van der Waals surface area contributed by atoms with Crippen LogP contribution in [0.3, 0.4) is 0 Å². The minimum atomic E-state index is -0.117. The number of benzene rings is 2. The Hall–Kier alpha value is -3.69. The van der Waals surface area contributed by atoms with Gasteiger partial charge in [0.05, 0.1) is 30.3 Å². The van der Waals surface area contributed by atoms with E-state index < -0.39 is 0 Å². The molecule has 2 aliphatic heterocycles. The highest BCUT2D eigenvalue weighted by atomic mass is 16.3. The molecule has 0 unspecified atom stereocenters. The van der Waals surface area contributed by atoms with Crippen LogP contribution in [-0.2, 0) is 0 Å². The topological polar surface area (TPSA) is 89.2 Å². The van der Waals surface area contributed by atoms with Crippen molar-refractivity contribution in [2.75, 3.05) is 18.5 Å². The van der Waals surface area contributed by atoms with Crippen LogP contribution in [0.5, 0.6) is 0 Å². The van der Waals surface area contributed by atoms with Gasteiger partial charge in [0, 0.05) is 36.1 Å². The molecule has 0 radical (unpaired) electrons. The lowest BCUT2D eigenvalue weighted by Gasteiger charge is -2.39. The molecule has 3 heterocycles. The Morgan fingerprint density at radius 3 is 2.74 bits per heavy atom. The van der Waals surface area contributed by atoms with Crippen LogP contribution < -0.4 is 5.32 Å². The number of nitrogens with one attached hydrogen (secondary N) is 1. The molecule has 1 aromatic heterocycles. The van der Waals surface area contributed by atoms with Crippen LogP contribution in [0.4, 0.5) is 5.69 Å². The first-order valence-corrected chi connectivity index (χ1v) is 10.4. The molecule has 6 heteroatoms. The number of hydrogen-bond acceptors (Lipinski definition) is 5. The molecule has 3 aromatic rings. The van der Waals surface area contributed by atoms with Crippen molar-refractivity contribution >= 4 is 11.6 Å². The van der Waals surface area contributed by atoms with Crippen molar-refractivity contribution in [1.82, 2.24) is 9.88 Å². The molecular weight excluding hydrogens is 388 g/mol. The molecule has 6 nitrogen and oxygen atoms in total. The molecule has 154 valence electrons. The van der Waals surface area contributed by atoms with Crippen LogP contribution in [0.2, 0.25) is 0 Å². The molecule has 0 spiro atoms. The molecule has 5 rings (SSSR count). The van der Waals surface area contributed by atoms with E-state index in [-0.39, 0.29) is 30.5 Å². The fourth-order valence-corrected chi connectivity index (χ4v) is 4.90. The second-order valence-electron chi connectivity index (χ2n) is 8.06. The molecule has 1 fully saturated rings. The van der Waals surface area contributed by atoms with Gasteiger partial charge in [-0.1, -0.05) is 18.2 Å². The summed E-state index contributed by atoms with van der Waals surface area (Å²) in [5.41, 5.74) is 5.19. The number of anilines is 1. The third kappa shape index (κ3) is 3.33. The summed E-state index contributed by atoms with van der Waals surface area (Å²) in [6, 6.07) is 19.1. The van der Waals surface area contributed by atoms with Crippen LogP contribution in [0.15, 0.2) is 67.0 Å². The number of carbonyl (C=O) groups is 1. The molecule has 3 atom stereocenters. The SMILES string of the molecule is N#Cc1cccc(-c2ccc3c(c2)[C@H]2[C@H](CCN2C(=O)c2ccncc2)[C@H](CO)N3)c1. The van der Waals surface area contributed by atoms with E-state index >= 15 is 0 Å². The highest BCUT2D eigenvalue weighted by Crippen LogP contribution is 2.47. The van der Waals surface area contributed by atoms with Gasteiger partial charge in [-0.3, -0.25) is 9.78 Å². The minimum Gasteiger partial charge on any atom is -0.394 e. The Morgan fingerprint density at radius 1 is 1.16 bits per heavy atom. The predicted molar refractivity (Wildman–Crippen MR) is 117 cm³/mol.